The number of aromatic nitrogens is 2. The van der Waals surface area contributed by atoms with Gasteiger partial charge in [-0.1, -0.05) is 26.7 Å². The lowest BCUT2D eigenvalue weighted by atomic mass is 10.3. The Labute approximate surface area is 162 Å². The van der Waals surface area contributed by atoms with Crippen molar-refractivity contribution in [2.45, 2.75) is 6.92 Å². The van der Waals surface area contributed by atoms with Crippen LogP contribution in [0.1, 0.15) is 6.92 Å². The van der Waals surface area contributed by atoms with Gasteiger partial charge in [0.05, 0.1) is 26.5 Å². The normalized spacial score (nSPS) is 11.0. The van der Waals surface area contributed by atoms with Crippen LogP contribution in [0.15, 0.2) is 46.9 Å². The van der Waals surface area contributed by atoms with Crippen molar-refractivity contribution in [3.05, 3.63) is 36.7 Å². The van der Waals surface area contributed by atoms with Crippen LogP contribution in [0.4, 0.5) is 17.3 Å². The summed E-state index contributed by atoms with van der Waals surface area (Å²) in [4.78, 5) is 10.7. The molecule has 0 aliphatic rings. The molecule has 140 valence electrons. The van der Waals surface area contributed by atoms with Crippen molar-refractivity contribution in [3.8, 4) is 0 Å². The highest BCUT2D eigenvalue weighted by Crippen LogP contribution is 2.21. The number of amides is 1. The highest BCUT2D eigenvalue weighted by atomic mass is 33.1. The van der Waals surface area contributed by atoms with Crippen molar-refractivity contribution in [1.29, 1.82) is 0 Å². The molecule has 0 saturated heterocycles. The van der Waals surface area contributed by atoms with Crippen LogP contribution in [-0.2, 0) is 18.9 Å². The molecule has 7 nitrogen and oxygen atoms in total. The van der Waals surface area contributed by atoms with E-state index >= 15 is 0 Å². The van der Waals surface area contributed by atoms with Gasteiger partial charge >= 0.3 is 5.95 Å². The SMILES string of the molecule is CC(=O)NCCSSCCNc1ccc(/N=N/c2n(C)cc[n+]2C)cc1. The molecule has 0 unspecified atom stereocenters. The van der Waals surface area contributed by atoms with Gasteiger partial charge < -0.3 is 10.6 Å². The number of aryl methyl sites for hydroxylation is 2. The summed E-state index contributed by atoms with van der Waals surface area (Å²) in [5.41, 5.74) is 1.89. The second-order valence-corrected chi connectivity index (χ2v) is 8.32. The van der Waals surface area contributed by atoms with Crippen LogP contribution in [0.25, 0.3) is 0 Å². The van der Waals surface area contributed by atoms with Crippen LogP contribution in [0.5, 0.6) is 0 Å². The second kappa shape index (κ2) is 10.9. The lowest BCUT2D eigenvalue weighted by Gasteiger charge is -2.06. The number of benzene rings is 1. The summed E-state index contributed by atoms with van der Waals surface area (Å²) in [6.07, 6.45) is 3.88. The molecule has 26 heavy (non-hydrogen) atoms. The molecule has 0 radical (unpaired) electrons. The van der Waals surface area contributed by atoms with E-state index in [1.807, 2.05) is 59.9 Å². The van der Waals surface area contributed by atoms with Crippen molar-refractivity contribution in [2.75, 3.05) is 29.9 Å². The largest absolute Gasteiger partial charge is 0.421 e. The quantitative estimate of drug-likeness (QED) is 0.281. The maximum absolute atomic E-state index is 10.7. The Morgan fingerprint density at radius 1 is 1.15 bits per heavy atom. The van der Waals surface area contributed by atoms with Gasteiger partial charge in [-0.25, -0.2) is 9.13 Å². The van der Waals surface area contributed by atoms with Crippen molar-refractivity contribution < 1.29 is 9.36 Å². The van der Waals surface area contributed by atoms with Crippen LogP contribution in [0.2, 0.25) is 0 Å². The first kappa shape index (κ1) is 20.3. The smallest absolute Gasteiger partial charge is 0.384 e. The fourth-order valence-electron chi connectivity index (χ4n) is 2.10. The van der Waals surface area contributed by atoms with E-state index in [9.17, 15) is 4.79 Å². The minimum Gasteiger partial charge on any atom is -0.384 e. The Morgan fingerprint density at radius 3 is 2.46 bits per heavy atom. The predicted molar refractivity (Wildman–Crippen MR) is 109 cm³/mol. The number of rotatable bonds is 10. The zero-order valence-corrected chi connectivity index (χ0v) is 16.9. The molecule has 1 heterocycles. The van der Waals surface area contributed by atoms with Crippen molar-refractivity contribution >= 4 is 44.8 Å². The van der Waals surface area contributed by atoms with E-state index in [1.165, 1.54) is 6.92 Å². The number of hydrogen-bond donors (Lipinski definition) is 2. The first-order valence-electron chi connectivity index (χ1n) is 8.32. The summed E-state index contributed by atoms with van der Waals surface area (Å²) in [6, 6.07) is 7.91. The van der Waals surface area contributed by atoms with Gasteiger partial charge in [0, 0.05) is 42.3 Å². The topological polar surface area (TPSA) is 74.7 Å². The summed E-state index contributed by atoms with van der Waals surface area (Å²) in [6.45, 7) is 3.14. The first-order chi connectivity index (χ1) is 12.6. The van der Waals surface area contributed by atoms with Crippen molar-refractivity contribution in [3.63, 3.8) is 0 Å². The number of anilines is 1. The molecule has 2 aromatic rings. The van der Waals surface area contributed by atoms with Gasteiger partial charge in [-0.3, -0.25) is 4.79 Å². The highest BCUT2D eigenvalue weighted by molar-refractivity contribution is 8.76. The molecule has 0 atom stereocenters. The van der Waals surface area contributed by atoms with Crippen LogP contribution >= 0.6 is 21.6 Å². The van der Waals surface area contributed by atoms with Gasteiger partial charge in [0.25, 0.3) is 0 Å². The van der Waals surface area contributed by atoms with Crippen LogP contribution in [0, 0.1) is 0 Å². The number of hydrogen-bond acceptors (Lipinski definition) is 6. The molecule has 0 saturated carbocycles. The number of nitrogens with one attached hydrogen (secondary N) is 2. The second-order valence-electron chi connectivity index (χ2n) is 5.62. The van der Waals surface area contributed by atoms with Crippen LogP contribution < -0.4 is 15.2 Å². The Hall–Kier alpha value is -2.00. The Balaban J connectivity index is 1.67. The average Bonchev–Trinajstić information content (AvgIpc) is 2.94. The molecule has 0 aliphatic carbocycles. The third-order valence-electron chi connectivity index (χ3n) is 3.42. The summed E-state index contributed by atoms with van der Waals surface area (Å²) in [7, 11) is 7.46. The van der Waals surface area contributed by atoms with Gasteiger partial charge in [-0.2, -0.15) is 0 Å². The summed E-state index contributed by atoms with van der Waals surface area (Å²) in [5, 5.41) is 14.7. The fourth-order valence-corrected chi connectivity index (χ4v) is 3.91. The minimum atomic E-state index is 0.0257. The molecule has 1 amide bonds. The molecule has 0 bridgehead atoms. The lowest BCUT2D eigenvalue weighted by molar-refractivity contribution is -0.657. The van der Waals surface area contributed by atoms with E-state index in [0.717, 1.165) is 41.9 Å². The Morgan fingerprint density at radius 2 is 1.85 bits per heavy atom. The summed E-state index contributed by atoms with van der Waals surface area (Å²) < 4.78 is 3.84. The molecule has 2 N–H and O–H groups in total. The molecule has 2 rings (SSSR count). The number of nitrogens with zero attached hydrogens (tertiary/aromatic N) is 4. The molecule has 9 heteroatoms. The monoisotopic (exact) mass is 393 g/mol. The van der Waals surface area contributed by atoms with Gasteiger partial charge in [0.1, 0.15) is 5.69 Å². The van der Waals surface area contributed by atoms with E-state index in [0.29, 0.717) is 0 Å². The Bertz CT molecular complexity index is 710. The number of imidazole rings is 1. The lowest BCUT2D eigenvalue weighted by Crippen LogP contribution is -2.25. The van der Waals surface area contributed by atoms with Gasteiger partial charge in [0.2, 0.25) is 5.91 Å². The van der Waals surface area contributed by atoms with E-state index in [1.54, 1.807) is 21.6 Å². The van der Waals surface area contributed by atoms with Gasteiger partial charge in [0.15, 0.2) is 0 Å². The maximum atomic E-state index is 10.7. The molecule has 1 aromatic heterocycles. The molecule has 0 spiro atoms. The van der Waals surface area contributed by atoms with Crippen LogP contribution in [0.3, 0.4) is 0 Å². The standard InChI is InChI=1S/C17H24N6OS2/c1-14(24)18-8-12-25-26-13-9-19-15-4-6-16(7-5-15)20-21-17-22(2)10-11-23(17)3/h4-7,10-11H,8-9,12-13H2,1-3H3,(H,18,24)/p+1. The number of carbonyl (C=O) groups is 1. The maximum Gasteiger partial charge on any atom is 0.421 e. The van der Waals surface area contributed by atoms with Gasteiger partial charge in [-0.05, 0) is 24.3 Å². The molecular weight excluding hydrogens is 368 g/mol. The number of azo groups is 1. The molecule has 0 fully saturated rings. The molecular formula is C17H25N6OS2+. The third-order valence-corrected chi connectivity index (χ3v) is 5.83. The minimum absolute atomic E-state index is 0.0257. The average molecular weight is 394 g/mol. The van der Waals surface area contributed by atoms with E-state index in [4.69, 9.17) is 0 Å². The number of carbonyl (C=O) groups excluding carboxylic acids is 1. The van der Waals surface area contributed by atoms with E-state index in [2.05, 4.69) is 20.9 Å². The first-order valence-corrected chi connectivity index (χ1v) is 10.8. The fraction of sp³-hybridized carbons (Fsp3) is 0.412. The highest BCUT2D eigenvalue weighted by Gasteiger charge is 2.10. The molecule has 0 aliphatic heterocycles. The van der Waals surface area contributed by atoms with Crippen molar-refractivity contribution in [1.82, 2.24) is 9.88 Å². The van der Waals surface area contributed by atoms with E-state index < -0.39 is 0 Å². The predicted octanol–water partition coefficient (Wildman–Crippen LogP) is 3.19. The molecule has 1 aromatic carbocycles. The zero-order valence-electron chi connectivity index (χ0n) is 15.3. The van der Waals surface area contributed by atoms with Crippen molar-refractivity contribution in [2.24, 2.45) is 24.3 Å². The summed E-state index contributed by atoms with van der Waals surface area (Å²) >= 11 is 0. The Kier molecular flexibility index (Phi) is 8.49. The third kappa shape index (κ3) is 7.09. The summed E-state index contributed by atoms with van der Waals surface area (Å²) in [5.74, 6) is 2.73. The zero-order chi connectivity index (χ0) is 18.8. The van der Waals surface area contributed by atoms with Crippen LogP contribution in [-0.4, -0.2) is 35.1 Å². The van der Waals surface area contributed by atoms with E-state index in [-0.39, 0.29) is 5.91 Å². The van der Waals surface area contributed by atoms with Gasteiger partial charge in [-0.15, -0.1) is 0 Å².